The van der Waals surface area contributed by atoms with Crippen LogP contribution in [-0.2, 0) is 16.1 Å². The average molecular weight is 378 g/mol. The number of carbonyl (C=O) groups excluding carboxylic acids is 1. The van der Waals surface area contributed by atoms with Gasteiger partial charge in [0.2, 0.25) is 0 Å². The van der Waals surface area contributed by atoms with E-state index in [0.717, 1.165) is 12.0 Å². The number of nitrogens with zero attached hydrogens (tertiary/aromatic N) is 2. The Morgan fingerprint density at radius 2 is 1.86 bits per heavy atom. The van der Waals surface area contributed by atoms with Gasteiger partial charge in [-0.25, -0.2) is 4.79 Å². The normalized spacial score (nSPS) is 21.1. The number of amides is 1. The first-order chi connectivity index (χ1) is 13.6. The lowest BCUT2D eigenvalue weighted by molar-refractivity contribution is -0.0342. The molecule has 1 amide bonds. The molecule has 0 radical (unpaired) electrons. The second kappa shape index (κ2) is 8.07. The molecule has 0 aliphatic carbocycles. The highest BCUT2D eigenvalue weighted by molar-refractivity contribution is 5.80. The molecule has 2 unspecified atom stereocenters. The standard InChI is InChI=1S/C23H26N2O3/c1-24(2)22-11-7-6-10-21(22)18-12-19-15-27-16-20(13-18)25(19)23(26)28-14-17-8-4-3-5-9-17/h3-12,19-20H,13-16H2,1-2H3. The Balaban J connectivity index is 1.54. The van der Waals surface area contributed by atoms with Gasteiger partial charge in [0.1, 0.15) is 6.61 Å². The quantitative estimate of drug-likeness (QED) is 0.808. The number of fused-ring (bicyclic) bond motifs is 2. The topological polar surface area (TPSA) is 42.0 Å². The molecule has 0 spiro atoms. The number of benzene rings is 2. The second-order valence-electron chi connectivity index (χ2n) is 7.51. The maximum absolute atomic E-state index is 12.8. The number of hydrogen-bond donors (Lipinski definition) is 0. The Hall–Kier alpha value is -2.79. The van der Waals surface area contributed by atoms with Crippen LogP contribution in [0.5, 0.6) is 0 Å². The van der Waals surface area contributed by atoms with Crippen LogP contribution in [0.1, 0.15) is 17.5 Å². The van der Waals surface area contributed by atoms with Crippen LogP contribution in [0.2, 0.25) is 0 Å². The molecule has 1 fully saturated rings. The highest BCUT2D eigenvalue weighted by Gasteiger charge is 2.39. The van der Waals surface area contributed by atoms with E-state index >= 15 is 0 Å². The van der Waals surface area contributed by atoms with E-state index in [1.165, 1.54) is 16.8 Å². The Morgan fingerprint density at radius 1 is 1.11 bits per heavy atom. The van der Waals surface area contributed by atoms with Crippen LogP contribution in [0.25, 0.3) is 5.57 Å². The van der Waals surface area contributed by atoms with Gasteiger partial charge in [0.15, 0.2) is 0 Å². The lowest BCUT2D eigenvalue weighted by atomic mass is 9.89. The number of para-hydroxylation sites is 1. The molecule has 1 saturated heterocycles. The summed E-state index contributed by atoms with van der Waals surface area (Å²) in [7, 11) is 4.11. The van der Waals surface area contributed by atoms with Crippen molar-refractivity contribution >= 4 is 17.4 Å². The van der Waals surface area contributed by atoms with Crippen LogP contribution >= 0.6 is 0 Å². The molecule has 5 nitrogen and oxygen atoms in total. The monoisotopic (exact) mass is 378 g/mol. The summed E-state index contributed by atoms with van der Waals surface area (Å²) in [5.74, 6) is 0. The molecule has 2 aromatic rings. The first-order valence-corrected chi connectivity index (χ1v) is 9.67. The maximum Gasteiger partial charge on any atom is 0.411 e. The average Bonchev–Trinajstić information content (AvgIpc) is 2.71. The van der Waals surface area contributed by atoms with Crippen LogP contribution < -0.4 is 4.90 Å². The van der Waals surface area contributed by atoms with E-state index in [1.807, 2.05) is 35.2 Å². The van der Waals surface area contributed by atoms with Crippen LogP contribution in [0.3, 0.4) is 0 Å². The SMILES string of the molecule is CN(C)c1ccccc1C1=CC2COCC(C1)N2C(=O)OCc1ccccc1. The smallest absolute Gasteiger partial charge is 0.411 e. The van der Waals surface area contributed by atoms with Crippen LogP contribution in [0.15, 0.2) is 60.7 Å². The summed E-state index contributed by atoms with van der Waals surface area (Å²) in [6.45, 7) is 1.33. The molecule has 146 valence electrons. The van der Waals surface area contributed by atoms with E-state index < -0.39 is 0 Å². The second-order valence-corrected chi connectivity index (χ2v) is 7.51. The van der Waals surface area contributed by atoms with Gasteiger partial charge in [0.05, 0.1) is 25.3 Å². The predicted molar refractivity (Wildman–Crippen MR) is 110 cm³/mol. The fraction of sp³-hybridized carbons (Fsp3) is 0.348. The number of morpholine rings is 1. The zero-order valence-corrected chi connectivity index (χ0v) is 16.4. The van der Waals surface area contributed by atoms with E-state index in [2.05, 4.69) is 49.3 Å². The van der Waals surface area contributed by atoms with Crippen molar-refractivity contribution in [2.75, 3.05) is 32.2 Å². The van der Waals surface area contributed by atoms with Gasteiger partial charge in [0, 0.05) is 25.3 Å². The molecule has 4 rings (SSSR count). The van der Waals surface area contributed by atoms with E-state index in [1.54, 1.807) is 0 Å². The van der Waals surface area contributed by atoms with Crippen molar-refractivity contribution in [2.45, 2.75) is 25.1 Å². The molecule has 0 aromatic heterocycles. The Labute approximate surface area is 166 Å². The highest BCUT2D eigenvalue weighted by Crippen LogP contribution is 2.36. The summed E-state index contributed by atoms with van der Waals surface area (Å²) >= 11 is 0. The minimum atomic E-state index is -0.265. The van der Waals surface area contributed by atoms with E-state index in [0.29, 0.717) is 13.2 Å². The third-order valence-corrected chi connectivity index (χ3v) is 5.35. The Morgan fingerprint density at radius 3 is 2.61 bits per heavy atom. The first kappa shape index (κ1) is 18.6. The minimum Gasteiger partial charge on any atom is -0.445 e. The first-order valence-electron chi connectivity index (χ1n) is 9.67. The van der Waals surface area contributed by atoms with Gasteiger partial charge < -0.3 is 14.4 Å². The summed E-state index contributed by atoms with van der Waals surface area (Å²) in [6.07, 6.45) is 2.67. The van der Waals surface area contributed by atoms with Crippen LogP contribution in [0, 0.1) is 0 Å². The van der Waals surface area contributed by atoms with E-state index in [-0.39, 0.29) is 24.8 Å². The fourth-order valence-electron chi connectivity index (χ4n) is 4.01. The molecule has 28 heavy (non-hydrogen) atoms. The molecule has 2 atom stereocenters. The van der Waals surface area contributed by atoms with Crippen molar-refractivity contribution < 1.29 is 14.3 Å². The van der Waals surface area contributed by atoms with Gasteiger partial charge in [-0.3, -0.25) is 4.90 Å². The maximum atomic E-state index is 12.8. The molecule has 2 heterocycles. The number of ether oxygens (including phenoxy) is 2. The van der Waals surface area contributed by atoms with Gasteiger partial charge in [-0.2, -0.15) is 0 Å². The molecular weight excluding hydrogens is 352 g/mol. The molecular formula is C23H26N2O3. The zero-order valence-electron chi connectivity index (χ0n) is 16.4. The number of rotatable bonds is 4. The summed E-state index contributed by atoms with van der Waals surface area (Å²) < 4.78 is 11.3. The lowest BCUT2D eigenvalue weighted by Gasteiger charge is -2.44. The largest absolute Gasteiger partial charge is 0.445 e. The van der Waals surface area contributed by atoms with Gasteiger partial charge in [-0.05, 0) is 23.6 Å². The van der Waals surface area contributed by atoms with Crippen molar-refractivity contribution in [3.63, 3.8) is 0 Å². The van der Waals surface area contributed by atoms with Crippen LogP contribution in [-0.4, -0.2) is 50.4 Å². The third kappa shape index (κ3) is 3.76. The molecule has 0 N–H and O–H groups in total. The molecule has 2 aliphatic rings. The fourth-order valence-corrected chi connectivity index (χ4v) is 4.01. The van der Waals surface area contributed by atoms with Crippen molar-refractivity contribution in [3.05, 3.63) is 71.8 Å². The molecule has 2 aromatic carbocycles. The minimum absolute atomic E-state index is 0.00255. The molecule has 0 saturated carbocycles. The zero-order chi connectivity index (χ0) is 19.5. The number of carbonyl (C=O) groups is 1. The molecule has 2 aliphatic heterocycles. The van der Waals surface area contributed by atoms with Crippen molar-refractivity contribution in [2.24, 2.45) is 0 Å². The Kier molecular flexibility index (Phi) is 5.35. The van der Waals surface area contributed by atoms with Gasteiger partial charge in [-0.15, -0.1) is 0 Å². The predicted octanol–water partition coefficient (Wildman–Crippen LogP) is 3.95. The van der Waals surface area contributed by atoms with Gasteiger partial charge in [-0.1, -0.05) is 54.6 Å². The molecule has 2 bridgehead atoms. The van der Waals surface area contributed by atoms with Gasteiger partial charge >= 0.3 is 6.09 Å². The van der Waals surface area contributed by atoms with Crippen molar-refractivity contribution in [1.29, 1.82) is 0 Å². The summed E-state index contributed by atoms with van der Waals surface area (Å²) in [6, 6.07) is 18.1. The summed E-state index contributed by atoms with van der Waals surface area (Å²) in [5.41, 5.74) is 4.68. The van der Waals surface area contributed by atoms with Gasteiger partial charge in [0.25, 0.3) is 0 Å². The van der Waals surface area contributed by atoms with Crippen molar-refractivity contribution in [1.82, 2.24) is 4.90 Å². The Bertz CT molecular complexity index is 863. The molecule has 5 heteroatoms. The highest BCUT2D eigenvalue weighted by atomic mass is 16.6. The number of hydrogen-bond acceptors (Lipinski definition) is 4. The summed E-state index contributed by atoms with van der Waals surface area (Å²) in [5, 5.41) is 0. The summed E-state index contributed by atoms with van der Waals surface area (Å²) in [4.78, 5) is 16.8. The van der Waals surface area contributed by atoms with E-state index in [4.69, 9.17) is 9.47 Å². The lowest BCUT2D eigenvalue weighted by Crippen LogP contribution is -2.56. The van der Waals surface area contributed by atoms with Crippen molar-refractivity contribution in [3.8, 4) is 0 Å². The van der Waals surface area contributed by atoms with Crippen LogP contribution in [0.4, 0.5) is 10.5 Å². The number of anilines is 1. The third-order valence-electron chi connectivity index (χ3n) is 5.35. The van der Waals surface area contributed by atoms with E-state index in [9.17, 15) is 4.79 Å².